The van der Waals surface area contributed by atoms with Crippen LogP contribution in [0.2, 0.25) is 5.02 Å². The fourth-order valence-corrected chi connectivity index (χ4v) is 2.40. The number of carbonyl (C=O) groups is 2. The van der Waals surface area contributed by atoms with Gasteiger partial charge in [-0.2, -0.15) is 0 Å². The Morgan fingerprint density at radius 2 is 1.71 bits per heavy atom. The van der Waals surface area contributed by atoms with Gasteiger partial charge in [-0.1, -0.05) is 11.6 Å². The summed E-state index contributed by atoms with van der Waals surface area (Å²) in [5.41, 5.74) is -0.457. The highest BCUT2D eigenvalue weighted by molar-refractivity contribution is 6.31. The van der Waals surface area contributed by atoms with Gasteiger partial charge in [-0.3, -0.25) is 14.9 Å². The van der Waals surface area contributed by atoms with Crippen LogP contribution in [0, 0.1) is 10.1 Å². The molecule has 0 bridgehead atoms. The topological polar surface area (TPSA) is 117 Å². The van der Waals surface area contributed by atoms with E-state index in [-0.39, 0.29) is 10.6 Å². The van der Waals surface area contributed by atoms with Crippen molar-refractivity contribution < 1.29 is 28.7 Å². The first-order valence-corrected chi connectivity index (χ1v) is 8.31. The number of methoxy groups -OCH3 is 2. The minimum Gasteiger partial charge on any atom is -0.497 e. The Labute approximate surface area is 165 Å². The third-order valence-corrected chi connectivity index (χ3v) is 3.88. The summed E-state index contributed by atoms with van der Waals surface area (Å²) >= 11 is 5.72. The van der Waals surface area contributed by atoms with Crippen molar-refractivity contribution in [1.29, 1.82) is 0 Å². The van der Waals surface area contributed by atoms with E-state index in [1.165, 1.54) is 33.3 Å². The highest BCUT2D eigenvalue weighted by Gasteiger charge is 2.26. The normalized spacial score (nSPS) is 11.3. The summed E-state index contributed by atoms with van der Waals surface area (Å²) < 4.78 is 15.3. The summed E-state index contributed by atoms with van der Waals surface area (Å²) in [6, 6.07) is 8.25. The zero-order valence-corrected chi connectivity index (χ0v) is 16.0. The molecule has 0 aliphatic rings. The van der Waals surface area contributed by atoms with Crippen molar-refractivity contribution in [2.75, 3.05) is 19.5 Å². The molecule has 0 fully saturated rings. The number of nitro benzene ring substituents is 1. The first-order chi connectivity index (χ1) is 13.2. The third-order valence-electron chi connectivity index (χ3n) is 3.65. The summed E-state index contributed by atoms with van der Waals surface area (Å²) in [5, 5.41) is 13.8. The van der Waals surface area contributed by atoms with Crippen LogP contribution in [-0.4, -0.2) is 37.1 Å². The lowest BCUT2D eigenvalue weighted by Gasteiger charge is -2.15. The van der Waals surface area contributed by atoms with Crippen LogP contribution in [0.3, 0.4) is 0 Å². The number of esters is 1. The van der Waals surface area contributed by atoms with Crippen molar-refractivity contribution in [2.45, 2.75) is 13.0 Å². The predicted molar refractivity (Wildman–Crippen MR) is 101 cm³/mol. The average Bonchev–Trinajstić information content (AvgIpc) is 2.67. The highest BCUT2D eigenvalue weighted by Crippen LogP contribution is 2.27. The quantitative estimate of drug-likeness (QED) is 0.423. The maximum atomic E-state index is 12.3. The zero-order chi connectivity index (χ0) is 20.8. The number of benzene rings is 2. The second-order valence-electron chi connectivity index (χ2n) is 5.56. The number of amides is 1. The molecule has 0 aliphatic carbocycles. The lowest BCUT2D eigenvalue weighted by molar-refractivity contribution is -0.385. The molecule has 2 aromatic rings. The average molecular weight is 409 g/mol. The van der Waals surface area contributed by atoms with E-state index in [0.29, 0.717) is 17.2 Å². The Kier molecular flexibility index (Phi) is 6.78. The number of carbonyl (C=O) groups excluding carboxylic acids is 2. The van der Waals surface area contributed by atoms with Crippen LogP contribution in [0.1, 0.15) is 17.3 Å². The highest BCUT2D eigenvalue weighted by atomic mass is 35.5. The molecular weight excluding hydrogens is 392 g/mol. The van der Waals surface area contributed by atoms with Gasteiger partial charge in [-0.05, 0) is 19.1 Å². The lowest BCUT2D eigenvalue weighted by atomic mass is 10.2. The van der Waals surface area contributed by atoms with Crippen molar-refractivity contribution >= 4 is 34.9 Å². The van der Waals surface area contributed by atoms with E-state index in [9.17, 15) is 19.7 Å². The molecule has 10 heteroatoms. The van der Waals surface area contributed by atoms with Crippen LogP contribution < -0.4 is 14.8 Å². The SMILES string of the molecule is COc1cc(NC(=O)C(C)OC(=O)c2ccc(Cl)cc2[N+](=O)[O-])cc(OC)c1. The Morgan fingerprint density at radius 1 is 1.11 bits per heavy atom. The monoisotopic (exact) mass is 408 g/mol. The molecule has 1 N–H and O–H groups in total. The standard InChI is InChI=1S/C18H17ClN2O7/c1-10(17(22)20-12-7-13(26-2)9-14(8-12)27-3)28-18(23)15-5-4-11(19)6-16(15)21(24)25/h4-10H,1-3H3,(H,20,22). The lowest BCUT2D eigenvalue weighted by Crippen LogP contribution is -2.30. The number of ether oxygens (including phenoxy) is 3. The summed E-state index contributed by atoms with van der Waals surface area (Å²) in [6.45, 7) is 1.34. The predicted octanol–water partition coefficient (Wildman–Crippen LogP) is 3.45. The minimum atomic E-state index is -1.22. The van der Waals surface area contributed by atoms with Gasteiger partial charge in [-0.25, -0.2) is 4.79 Å². The molecular formula is C18H17ClN2O7. The fraction of sp³-hybridized carbons (Fsp3) is 0.222. The van der Waals surface area contributed by atoms with Crippen LogP contribution in [-0.2, 0) is 9.53 Å². The number of nitrogens with one attached hydrogen (secondary N) is 1. The number of nitrogens with zero attached hydrogens (tertiary/aromatic N) is 1. The van der Waals surface area contributed by atoms with E-state index in [0.717, 1.165) is 6.07 Å². The maximum absolute atomic E-state index is 12.3. The molecule has 0 radical (unpaired) electrons. The molecule has 0 saturated heterocycles. The molecule has 2 rings (SSSR count). The van der Waals surface area contributed by atoms with Gasteiger partial charge in [0.1, 0.15) is 17.1 Å². The van der Waals surface area contributed by atoms with E-state index in [1.54, 1.807) is 18.2 Å². The minimum absolute atomic E-state index is 0.0982. The summed E-state index contributed by atoms with van der Waals surface area (Å²) in [5.74, 6) is -0.748. The van der Waals surface area contributed by atoms with E-state index in [1.807, 2.05) is 0 Å². The van der Waals surface area contributed by atoms with Gasteiger partial charge < -0.3 is 19.5 Å². The van der Waals surface area contributed by atoms with Crippen molar-refractivity contribution in [2.24, 2.45) is 0 Å². The van der Waals surface area contributed by atoms with Crippen LogP contribution in [0.4, 0.5) is 11.4 Å². The van der Waals surface area contributed by atoms with Gasteiger partial charge >= 0.3 is 5.97 Å². The number of hydrogen-bond acceptors (Lipinski definition) is 7. The van der Waals surface area contributed by atoms with Crippen molar-refractivity contribution in [3.8, 4) is 11.5 Å². The first-order valence-electron chi connectivity index (χ1n) is 7.94. The number of rotatable bonds is 7. The van der Waals surface area contributed by atoms with Gasteiger partial charge in [0.2, 0.25) is 0 Å². The van der Waals surface area contributed by atoms with E-state index >= 15 is 0 Å². The molecule has 1 amide bonds. The largest absolute Gasteiger partial charge is 0.497 e. The molecule has 0 aliphatic heterocycles. The number of hydrogen-bond donors (Lipinski definition) is 1. The second-order valence-corrected chi connectivity index (χ2v) is 5.99. The molecule has 0 heterocycles. The third kappa shape index (κ3) is 5.10. The Balaban J connectivity index is 2.13. The molecule has 1 atom stereocenters. The molecule has 9 nitrogen and oxygen atoms in total. The van der Waals surface area contributed by atoms with Crippen LogP contribution >= 0.6 is 11.6 Å². The van der Waals surface area contributed by atoms with Crippen molar-refractivity contribution in [1.82, 2.24) is 0 Å². The van der Waals surface area contributed by atoms with E-state index in [2.05, 4.69) is 5.32 Å². The first kappa shape index (κ1) is 21.0. The van der Waals surface area contributed by atoms with Gasteiger partial charge in [0.15, 0.2) is 6.10 Å². The molecule has 0 aromatic heterocycles. The Bertz CT molecular complexity index is 895. The zero-order valence-electron chi connectivity index (χ0n) is 15.2. The van der Waals surface area contributed by atoms with E-state index < -0.39 is 28.6 Å². The smallest absolute Gasteiger partial charge is 0.345 e. The van der Waals surface area contributed by atoms with Gasteiger partial charge in [0.25, 0.3) is 11.6 Å². The molecule has 28 heavy (non-hydrogen) atoms. The number of nitro groups is 1. The van der Waals surface area contributed by atoms with Crippen molar-refractivity contribution in [3.05, 3.63) is 57.1 Å². The Hall–Kier alpha value is -3.33. The van der Waals surface area contributed by atoms with Gasteiger partial charge in [0, 0.05) is 35.0 Å². The van der Waals surface area contributed by atoms with Gasteiger partial charge in [0.05, 0.1) is 19.1 Å². The van der Waals surface area contributed by atoms with Crippen LogP contribution in [0.25, 0.3) is 0 Å². The molecule has 0 saturated carbocycles. The maximum Gasteiger partial charge on any atom is 0.345 e. The molecule has 2 aromatic carbocycles. The van der Waals surface area contributed by atoms with Gasteiger partial charge in [-0.15, -0.1) is 0 Å². The number of halogens is 1. The Morgan fingerprint density at radius 3 is 2.25 bits per heavy atom. The molecule has 1 unspecified atom stereocenters. The summed E-state index contributed by atoms with van der Waals surface area (Å²) in [7, 11) is 2.92. The van der Waals surface area contributed by atoms with Crippen molar-refractivity contribution in [3.63, 3.8) is 0 Å². The fourth-order valence-electron chi connectivity index (χ4n) is 2.23. The van der Waals surface area contributed by atoms with Crippen LogP contribution in [0.5, 0.6) is 11.5 Å². The van der Waals surface area contributed by atoms with Crippen LogP contribution in [0.15, 0.2) is 36.4 Å². The second kappa shape index (κ2) is 9.05. The molecule has 0 spiro atoms. The number of anilines is 1. The van der Waals surface area contributed by atoms with E-state index in [4.69, 9.17) is 25.8 Å². The summed E-state index contributed by atoms with van der Waals surface area (Å²) in [4.78, 5) is 34.9. The summed E-state index contributed by atoms with van der Waals surface area (Å²) in [6.07, 6.45) is -1.22. The molecule has 148 valence electrons.